The highest BCUT2D eigenvalue weighted by atomic mass is 127. The van der Waals surface area contributed by atoms with Gasteiger partial charge in [-0.05, 0) is 18.2 Å². The normalized spacial score (nSPS) is 10.7. The first-order chi connectivity index (χ1) is 10.4. The van der Waals surface area contributed by atoms with Crippen LogP contribution >= 0.6 is 22.6 Å². The van der Waals surface area contributed by atoms with Gasteiger partial charge in [0.25, 0.3) is 5.56 Å². The van der Waals surface area contributed by atoms with Crippen LogP contribution in [0.3, 0.4) is 0 Å². The molecule has 11 heteroatoms. The molecule has 0 bridgehead atoms. The Morgan fingerprint density at radius 3 is 1.61 bits per heavy atom. The summed E-state index contributed by atoms with van der Waals surface area (Å²) in [5.41, 5.74) is -2.33. The molecular formula is C12H9F6IN2O2. The van der Waals surface area contributed by atoms with Crippen LogP contribution in [-0.4, -0.2) is 14.2 Å². The molecule has 0 radical (unpaired) electrons. The number of rotatable bonds is 0. The fourth-order valence-corrected chi connectivity index (χ4v) is 1.02. The molecule has 128 valence electrons. The molecule has 2 aromatic heterocycles. The van der Waals surface area contributed by atoms with Crippen molar-refractivity contribution < 1.29 is 26.3 Å². The largest absolute Gasteiger partial charge is 0.441 e. The maximum Gasteiger partial charge on any atom is 0.441 e. The van der Waals surface area contributed by atoms with Crippen LogP contribution in [-0.2, 0) is 6.18 Å². The minimum absolute atomic E-state index is 0.0532. The van der Waals surface area contributed by atoms with Gasteiger partial charge in [-0.25, -0.2) is 0 Å². The van der Waals surface area contributed by atoms with Crippen molar-refractivity contribution in [2.75, 3.05) is 0 Å². The molecule has 0 aliphatic carbocycles. The van der Waals surface area contributed by atoms with E-state index in [1.807, 2.05) is 4.98 Å². The quantitative estimate of drug-likeness (QED) is 0.362. The number of hydrogen-bond acceptors (Lipinski definition) is 2. The van der Waals surface area contributed by atoms with E-state index in [1.165, 1.54) is 6.07 Å². The number of halogens is 7. The number of H-pyrrole nitrogens is 2. The summed E-state index contributed by atoms with van der Waals surface area (Å²) in [4.78, 5) is 25.1. The first-order valence-electron chi connectivity index (χ1n) is 5.55. The standard InChI is InChI=1S/C6H4F3NO.C5H5NO.CF3I/c7-6(8,9)4-2-1-3-10-5(4)11;7-5-3-1-2-4-6-5;2-1(3,4)5/h1-3H,(H,10,11);1-4H,(H,6,7);. The van der Waals surface area contributed by atoms with Crippen molar-refractivity contribution in [1.29, 1.82) is 0 Å². The molecule has 2 N–H and O–H groups in total. The second kappa shape index (κ2) is 9.37. The summed E-state index contributed by atoms with van der Waals surface area (Å²) >= 11 is 0.378. The minimum atomic E-state index is -4.56. The van der Waals surface area contributed by atoms with E-state index in [0.29, 0.717) is 22.6 Å². The molecule has 0 amide bonds. The Morgan fingerprint density at radius 1 is 0.826 bits per heavy atom. The average Bonchev–Trinajstić information content (AvgIpc) is 2.37. The van der Waals surface area contributed by atoms with Crippen molar-refractivity contribution in [3.8, 4) is 0 Å². The van der Waals surface area contributed by atoms with Crippen molar-refractivity contribution in [3.63, 3.8) is 0 Å². The highest BCUT2D eigenvalue weighted by Gasteiger charge is 2.33. The maximum atomic E-state index is 11.8. The second-order valence-corrected chi connectivity index (χ2v) is 4.79. The molecular weight excluding hydrogens is 445 g/mol. The average molecular weight is 454 g/mol. The van der Waals surface area contributed by atoms with Crippen LogP contribution in [0.4, 0.5) is 26.3 Å². The molecule has 0 aromatic carbocycles. The molecule has 0 aliphatic rings. The smallest absolute Gasteiger partial charge is 0.329 e. The molecule has 0 saturated heterocycles. The monoisotopic (exact) mass is 454 g/mol. The SMILES string of the molecule is FC(F)(F)I.O=c1[nH]cccc1C(F)(F)F.O=c1cccc[nH]1. The Bertz CT molecular complexity index is 669. The van der Waals surface area contributed by atoms with E-state index in [1.54, 1.807) is 18.3 Å². The predicted octanol–water partition coefficient (Wildman–Crippen LogP) is 3.71. The lowest BCUT2D eigenvalue weighted by Crippen LogP contribution is -2.20. The number of aromatic amines is 2. The molecule has 4 nitrogen and oxygen atoms in total. The van der Waals surface area contributed by atoms with Gasteiger partial charge in [-0.2, -0.15) is 26.3 Å². The third-order valence-corrected chi connectivity index (χ3v) is 1.80. The Hall–Kier alpha value is -1.79. The van der Waals surface area contributed by atoms with E-state index in [2.05, 4.69) is 4.98 Å². The lowest BCUT2D eigenvalue weighted by Gasteiger charge is -2.02. The van der Waals surface area contributed by atoms with Crippen LogP contribution in [0.25, 0.3) is 0 Å². The first kappa shape index (κ1) is 21.2. The van der Waals surface area contributed by atoms with Gasteiger partial charge in [-0.3, -0.25) is 9.59 Å². The number of nitrogens with one attached hydrogen (secondary N) is 2. The van der Waals surface area contributed by atoms with Gasteiger partial charge in [0.15, 0.2) is 0 Å². The number of alkyl halides is 7. The lowest BCUT2D eigenvalue weighted by molar-refractivity contribution is -0.138. The highest BCUT2D eigenvalue weighted by molar-refractivity contribution is 14.1. The van der Waals surface area contributed by atoms with Crippen LogP contribution in [0.1, 0.15) is 5.56 Å². The zero-order valence-corrected chi connectivity index (χ0v) is 13.2. The Balaban J connectivity index is 0.000000347. The van der Waals surface area contributed by atoms with Gasteiger partial charge in [0.2, 0.25) is 5.56 Å². The van der Waals surface area contributed by atoms with Crippen molar-refractivity contribution >= 4 is 22.6 Å². The molecule has 0 atom stereocenters. The zero-order valence-electron chi connectivity index (χ0n) is 11.0. The molecule has 2 heterocycles. The summed E-state index contributed by atoms with van der Waals surface area (Å²) < 4.78 is 62.5. The maximum absolute atomic E-state index is 11.8. The van der Waals surface area contributed by atoms with Crippen molar-refractivity contribution in [2.24, 2.45) is 0 Å². The zero-order chi connectivity index (χ0) is 18.1. The van der Waals surface area contributed by atoms with Gasteiger partial charge in [0.05, 0.1) is 0 Å². The molecule has 0 spiro atoms. The van der Waals surface area contributed by atoms with Gasteiger partial charge in [-0.15, -0.1) is 0 Å². The van der Waals surface area contributed by atoms with E-state index in [0.717, 1.165) is 18.3 Å². The predicted molar refractivity (Wildman–Crippen MR) is 79.2 cm³/mol. The minimum Gasteiger partial charge on any atom is -0.329 e. The fraction of sp³-hybridized carbons (Fsp3) is 0.167. The Labute approximate surface area is 138 Å². The van der Waals surface area contributed by atoms with Gasteiger partial charge >= 0.3 is 10.4 Å². The van der Waals surface area contributed by atoms with Crippen LogP contribution < -0.4 is 11.1 Å². The van der Waals surface area contributed by atoms with E-state index >= 15 is 0 Å². The second-order valence-electron chi connectivity index (χ2n) is 3.57. The molecule has 2 rings (SSSR count). The van der Waals surface area contributed by atoms with Crippen molar-refractivity contribution in [1.82, 2.24) is 9.97 Å². The Kier molecular flexibility index (Phi) is 8.64. The molecule has 0 unspecified atom stereocenters. The first-order valence-corrected chi connectivity index (χ1v) is 6.63. The molecule has 0 fully saturated rings. The molecule has 23 heavy (non-hydrogen) atoms. The van der Waals surface area contributed by atoms with Gasteiger partial charge < -0.3 is 9.97 Å². The molecule has 0 aliphatic heterocycles. The number of hydrogen-bond donors (Lipinski definition) is 2. The van der Waals surface area contributed by atoms with Crippen LogP contribution in [0.2, 0.25) is 0 Å². The fourth-order valence-electron chi connectivity index (χ4n) is 1.02. The van der Waals surface area contributed by atoms with Gasteiger partial charge in [-0.1, -0.05) is 6.07 Å². The lowest BCUT2D eigenvalue weighted by atomic mass is 10.3. The molecule has 2 aromatic rings. The van der Waals surface area contributed by atoms with Crippen LogP contribution in [0, 0.1) is 0 Å². The van der Waals surface area contributed by atoms with E-state index in [9.17, 15) is 35.9 Å². The number of pyridine rings is 2. The van der Waals surface area contributed by atoms with Crippen molar-refractivity contribution in [2.45, 2.75) is 10.4 Å². The third-order valence-electron chi connectivity index (χ3n) is 1.80. The van der Waals surface area contributed by atoms with Crippen molar-refractivity contribution in [3.05, 3.63) is 69.0 Å². The molecule has 0 saturated carbocycles. The summed E-state index contributed by atoms with van der Waals surface area (Å²) in [5, 5.41) is 0. The van der Waals surface area contributed by atoms with E-state index in [4.69, 9.17) is 0 Å². The summed E-state index contributed by atoms with van der Waals surface area (Å²) in [5.74, 6) is 0. The Morgan fingerprint density at radius 2 is 1.35 bits per heavy atom. The van der Waals surface area contributed by atoms with E-state index in [-0.39, 0.29) is 5.56 Å². The number of aromatic nitrogens is 2. The third kappa shape index (κ3) is 12.4. The highest BCUT2D eigenvalue weighted by Crippen LogP contribution is 2.25. The topological polar surface area (TPSA) is 65.7 Å². The summed E-state index contributed by atoms with van der Waals surface area (Å²) in [7, 11) is 0. The van der Waals surface area contributed by atoms with E-state index < -0.39 is 21.5 Å². The summed E-state index contributed by atoms with van der Waals surface area (Å²) in [6.07, 6.45) is -1.81. The van der Waals surface area contributed by atoms with Gasteiger partial charge in [0, 0.05) is 41.1 Å². The van der Waals surface area contributed by atoms with Gasteiger partial charge in [0.1, 0.15) is 5.56 Å². The summed E-state index contributed by atoms with van der Waals surface area (Å²) in [6.45, 7) is 0. The van der Waals surface area contributed by atoms with Crippen LogP contribution in [0.5, 0.6) is 0 Å². The van der Waals surface area contributed by atoms with Crippen LogP contribution in [0.15, 0.2) is 52.3 Å². The summed E-state index contributed by atoms with van der Waals surface area (Å²) in [6, 6.07) is 6.79.